The number of alkyl halides is 3. The lowest BCUT2D eigenvalue weighted by molar-refractivity contribution is -0.146. The second-order valence-corrected chi connectivity index (χ2v) is 7.13. The van der Waals surface area contributed by atoms with Gasteiger partial charge in [-0.25, -0.2) is 4.98 Å². The van der Waals surface area contributed by atoms with Crippen LogP contribution in [0.5, 0.6) is 0 Å². The molecule has 0 radical (unpaired) electrons. The Bertz CT molecular complexity index is 1030. The molecule has 1 aromatic carbocycles. The van der Waals surface area contributed by atoms with E-state index in [0.717, 1.165) is 4.47 Å². The lowest BCUT2D eigenvalue weighted by atomic mass is 10.1. The fourth-order valence-electron chi connectivity index (χ4n) is 3.08. The number of halogens is 4. The minimum absolute atomic E-state index is 0.0881. The minimum Gasteiger partial charge on any atom is -0.358 e. The second-order valence-electron chi connectivity index (χ2n) is 6.22. The number of aromatic amines is 1. The van der Waals surface area contributed by atoms with Gasteiger partial charge in [-0.2, -0.15) is 13.2 Å². The smallest absolute Gasteiger partial charge is 0.358 e. The van der Waals surface area contributed by atoms with Crippen LogP contribution in [-0.4, -0.2) is 22.2 Å². The molecule has 1 atom stereocenters. The van der Waals surface area contributed by atoms with E-state index >= 15 is 0 Å². The van der Waals surface area contributed by atoms with E-state index in [9.17, 15) is 18.0 Å². The third-order valence-electron chi connectivity index (χ3n) is 4.41. The summed E-state index contributed by atoms with van der Waals surface area (Å²) in [6.07, 6.45) is -1.88. The van der Waals surface area contributed by atoms with Gasteiger partial charge in [-0.15, -0.1) is 0 Å². The van der Waals surface area contributed by atoms with Gasteiger partial charge in [0.1, 0.15) is 11.9 Å². The highest BCUT2D eigenvalue weighted by Crippen LogP contribution is 2.42. The molecule has 0 saturated heterocycles. The summed E-state index contributed by atoms with van der Waals surface area (Å²) in [6.45, 7) is 0. The lowest BCUT2D eigenvalue weighted by Crippen LogP contribution is -2.38. The van der Waals surface area contributed by atoms with E-state index in [2.05, 4.69) is 31.2 Å². The molecule has 2 aromatic heterocycles. The molecule has 25 heavy (non-hydrogen) atoms. The van der Waals surface area contributed by atoms with E-state index < -0.39 is 18.1 Å². The molecule has 0 aliphatic heterocycles. The number of H-pyrrole nitrogens is 1. The summed E-state index contributed by atoms with van der Waals surface area (Å²) in [4.78, 5) is 19.3. The maximum atomic E-state index is 13.4. The first-order valence-electron chi connectivity index (χ1n) is 7.78. The Morgan fingerprint density at radius 1 is 1.24 bits per heavy atom. The monoisotopic (exact) mass is 411 g/mol. The van der Waals surface area contributed by atoms with Crippen LogP contribution in [0.15, 0.2) is 39.7 Å². The van der Waals surface area contributed by atoms with E-state index in [1.807, 2.05) is 0 Å². The maximum absolute atomic E-state index is 13.4. The summed E-state index contributed by atoms with van der Waals surface area (Å²) in [5.41, 5.74) is 0.104. The third kappa shape index (κ3) is 2.99. The van der Waals surface area contributed by atoms with Crippen LogP contribution in [0.3, 0.4) is 0 Å². The molecule has 1 aliphatic carbocycles. The van der Waals surface area contributed by atoms with E-state index in [0.29, 0.717) is 34.5 Å². The molecule has 8 heteroatoms. The molecule has 0 spiro atoms. The zero-order valence-corrected chi connectivity index (χ0v) is 14.4. The summed E-state index contributed by atoms with van der Waals surface area (Å²) in [7, 11) is 0. The van der Waals surface area contributed by atoms with Crippen molar-refractivity contribution in [3.8, 4) is 0 Å². The molecular weight excluding hydrogens is 399 g/mol. The first-order chi connectivity index (χ1) is 11.8. The summed E-state index contributed by atoms with van der Waals surface area (Å²) in [6, 6.07) is 5.08. The molecule has 0 bridgehead atoms. The Balaban J connectivity index is 1.95. The molecule has 2 heterocycles. The van der Waals surface area contributed by atoms with Gasteiger partial charge in [0.2, 0.25) is 0 Å². The van der Waals surface area contributed by atoms with Crippen LogP contribution in [0.4, 0.5) is 19.0 Å². The topological polar surface area (TPSA) is 57.8 Å². The number of rotatable bonds is 3. The third-order valence-corrected chi connectivity index (χ3v) is 4.91. The van der Waals surface area contributed by atoms with E-state index in [4.69, 9.17) is 0 Å². The molecule has 1 fully saturated rings. The van der Waals surface area contributed by atoms with Crippen LogP contribution in [0.25, 0.3) is 21.7 Å². The molecule has 130 valence electrons. The molecule has 0 amide bonds. The van der Waals surface area contributed by atoms with Gasteiger partial charge in [-0.1, -0.05) is 15.9 Å². The maximum Gasteiger partial charge on any atom is 0.408 e. The van der Waals surface area contributed by atoms with Crippen molar-refractivity contribution in [2.75, 3.05) is 5.32 Å². The van der Waals surface area contributed by atoms with Crippen LogP contribution in [0, 0.1) is 5.92 Å². The van der Waals surface area contributed by atoms with E-state index in [1.165, 1.54) is 6.20 Å². The quantitative estimate of drug-likeness (QED) is 0.619. The number of fused-ring (bicyclic) bond motifs is 3. The molecule has 2 N–H and O–H groups in total. The highest BCUT2D eigenvalue weighted by molar-refractivity contribution is 9.10. The normalized spacial score (nSPS) is 16.3. The molecule has 0 unspecified atom stereocenters. The zero-order chi connectivity index (χ0) is 17.8. The zero-order valence-electron chi connectivity index (χ0n) is 12.8. The molecule has 4 nitrogen and oxygen atoms in total. The number of hydrogen-bond donors (Lipinski definition) is 2. The Morgan fingerprint density at radius 2 is 2.00 bits per heavy atom. The molecule has 1 aliphatic rings. The molecule has 3 aromatic rings. The lowest BCUT2D eigenvalue weighted by Gasteiger charge is -2.23. The van der Waals surface area contributed by atoms with Crippen molar-refractivity contribution in [3.63, 3.8) is 0 Å². The molecule has 1 saturated carbocycles. The van der Waals surface area contributed by atoms with Gasteiger partial charge in [0.25, 0.3) is 5.56 Å². The number of nitrogens with zero attached hydrogens (tertiary/aromatic N) is 1. The number of anilines is 1. The van der Waals surface area contributed by atoms with Gasteiger partial charge in [0.05, 0.1) is 10.9 Å². The standard InChI is InChI=1S/C17H13BrF3N3O/c18-9-3-4-12-11(7-9)13-10(5-6-22-16(13)25)15(23-12)24-14(8-1-2-8)17(19,20)21/h3-8,14H,1-2H2,(H,22,25)(H,23,24)/t14-/m0/s1. The van der Waals surface area contributed by atoms with Crippen molar-refractivity contribution >= 4 is 43.4 Å². The number of pyridine rings is 2. The van der Waals surface area contributed by atoms with Gasteiger partial charge in [-0.3, -0.25) is 4.79 Å². The predicted molar refractivity (Wildman–Crippen MR) is 93.8 cm³/mol. The van der Waals surface area contributed by atoms with Crippen molar-refractivity contribution in [1.82, 2.24) is 9.97 Å². The van der Waals surface area contributed by atoms with Crippen LogP contribution >= 0.6 is 15.9 Å². The Labute approximate surface area is 148 Å². The fourth-order valence-corrected chi connectivity index (χ4v) is 3.44. The number of hydrogen-bond acceptors (Lipinski definition) is 3. The summed E-state index contributed by atoms with van der Waals surface area (Å²) >= 11 is 3.35. The van der Waals surface area contributed by atoms with Crippen molar-refractivity contribution in [2.24, 2.45) is 5.92 Å². The highest BCUT2D eigenvalue weighted by atomic mass is 79.9. The average molecular weight is 412 g/mol. The van der Waals surface area contributed by atoms with Crippen LogP contribution in [0.2, 0.25) is 0 Å². The number of aromatic nitrogens is 2. The second kappa shape index (κ2) is 5.72. The van der Waals surface area contributed by atoms with E-state index in [1.54, 1.807) is 24.3 Å². The van der Waals surface area contributed by atoms with Crippen LogP contribution in [-0.2, 0) is 0 Å². The summed E-state index contributed by atoms with van der Waals surface area (Å²) in [5.74, 6) is -0.357. The van der Waals surface area contributed by atoms with Gasteiger partial charge in [0.15, 0.2) is 0 Å². The van der Waals surface area contributed by atoms with Gasteiger partial charge in [-0.05, 0) is 43.0 Å². The van der Waals surface area contributed by atoms with Crippen LogP contribution < -0.4 is 10.9 Å². The molecular formula is C17H13BrF3N3O. The summed E-state index contributed by atoms with van der Waals surface area (Å²) < 4.78 is 40.9. The van der Waals surface area contributed by atoms with Crippen molar-refractivity contribution in [2.45, 2.75) is 25.1 Å². The highest BCUT2D eigenvalue weighted by Gasteiger charge is 2.49. The number of nitrogens with one attached hydrogen (secondary N) is 2. The van der Waals surface area contributed by atoms with Crippen LogP contribution in [0.1, 0.15) is 12.8 Å². The number of benzene rings is 1. The fraction of sp³-hybridized carbons (Fsp3) is 0.294. The SMILES string of the molecule is O=c1[nH]ccc2c(N[C@@H](C3CC3)C(F)(F)F)nc3ccc(Br)cc3c12. The van der Waals surface area contributed by atoms with Gasteiger partial charge >= 0.3 is 6.18 Å². The predicted octanol–water partition coefficient (Wildman–Crippen LogP) is 4.59. The van der Waals surface area contributed by atoms with Gasteiger partial charge < -0.3 is 10.3 Å². The minimum atomic E-state index is -4.37. The first-order valence-corrected chi connectivity index (χ1v) is 8.58. The van der Waals surface area contributed by atoms with E-state index in [-0.39, 0.29) is 11.4 Å². The largest absolute Gasteiger partial charge is 0.408 e. The van der Waals surface area contributed by atoms with Crippen molar-refractivity contribution in [3.05, 3.63) is 45.3 Å². The summed E-state index contributed by atoms with van der Waals surface area (Å²) in [5, 5.41) is 3.85. The Morgan fingerprint density at radius 3 is 2.68 bits per heavy atom. The van der Waals surface area contributed by atoms with Crippen molar-refractivity contribution < 1.29 is 13.2 Å². The Hall–Kier alpha value is -2.09. The molecule has 4 rings (SSSR count). The average Bonchev–Trinajstić information content (AvgIpc) is 3.36. The van der Waals surface area contributed by atoms with Crippen molar-refractivity contribution in [1.29, 1.82) is 0 Å². The van der Waals surface area contributed by atoms with Gasteiger partial charge in [0, 0.05) is 21.4 Å². The first kappa shape index (κ1) is 16.4. The Kier molecular flexibility index (Phi) is 3.75.